The molecule has 4 heteroatoms. The first-order valence-electron chi connectivity index (χ1n) is 7.78. The first-order chi connectivity index (χ1) is 10.6. The Bertz CT molecular complexity index is 880. The Balaban J connectivity index is 2.13. The number of anilines is 1. The van der Waals surface area contributed by atoms with Gasteiger partial charge in [-0.05, 0) is 56.2 Å². The van der Waals surface area contributed by atoms with Crippen molar-refractivity contribution in [1.82, 2.24) is 9.97 Å². The Hall–Kier alpha value is -1.94. The Morgan fingerprint density at radius 3 is 2.68 bits per heavy atom. The number of rotatable bonds is 1. The molecule has 0 radical (unpaired) electrons. The highest BCUT2D eigenvalue weighted by atomic mass is 32.1. The molecule has 0 aliphatic heterocycles. The lowest BCUT2D eigenvalue weighted by atomic mass is 9.88. The van der Waals surface area contributed by atoms with Crippen molar-refractivity contribution in [3.8, 4) is 11.3 Å². The van der Waals surface area contributed by atoms with Crippen LogP contribution in [0.4, 0.5) is 5.13 Å². The van der Waals surface area contributed by atoms with Crippen LogP contribution in [0.1, 0.15) is 35.2 Å². The third-order valence-electron chi connectivity index (χ3n) is 4.74. The van der Waals surface area contributed by atoms with Gasteiger partial charge in [0.2, 0.25) is 0 Å². The quantitative estimate of drug-likeness (QED) is 0.723. The van der Waals surface area contributed by atoms with Crippen molar-refractivity contribution >= 4 is 27.4 Å². The van der Waals surface area contributed by atoms with Gasteiger partial charge in [-0.25, -0.2) is 4.98 Å². The summed E-state index contributed by atoms with van der Waals surface area (Å²) in [4.78, 5) is 9.57. The summed E-state index contributed by atoms with van der Waals surface area (Å²) in [5, 5.41) is 3.93. The molecule has 0 spiro atoms. The van der Waals surface area contributed by atoms with E-state index < -0.39 is 0 Å². The summed E-state index contributed by atoms with van der Waals surface area (Å²) in [6.07, 6.45) is 4.63. The summed E-state index contributed by atoms with van der Waals surface area (Å²) in [6, 6.07) is 4.39. The van der Waals surface area contributed by atoms with Gasteiger partial charge in [0.15, 0.2) is 5.13 Å². The number of nitrogen functional groups attached to an aromatic ring is 1. The lowest BCUT2D eigenvalue weighted by molar-refractivity contribution is 0.672. The van der Waals surface area contributed by atoms with Crippen molar-refractivity contribution in [3.63, 3.8) is 0 Å². The second kappa shape index (κ2) is 5.06. The molecule has 2 aromatic heterocycles. The van der Waals surface area contributed by atoms with Gasteiger partial charge in [-0.15, -0.1) is 11.3 Å². The summed E-state index contributed by atoms with van der Waals surface area (Å²) in [5.41, 5.74) is 14.5. The Morgan fingerprint density at radius 2 is 1.91 bits per heavy atom. The van der Waals surface area contributed by atoms with Gasteiger partial charge >= 0.3 is 0 Å². The fraction of sp³-hybridized carbons (Fsp3) is 0.333. The zero-order valence-electron chi connectivity index (χ0n) is 12.9. The van der Waals surface area contributed by atoms with Gasteiger partial charge < -0.3 is 5.73 Å². The maximum absolute atomic E-state index is 5.88. The monoisotopic (exact) mass is 309 g/mol. The van der Waals surface area contributed by atoms with Crippen molar-refractivity contribution in [2.45, 2.75) is 39.5 Å². The van der Waals surface area contributed by atoms with Gasteiger partial charge in [0.1, 0.15) is 0 Å². The van der Waals surface area contributed by atoms with E-state index in [2.05, 4.69) is 36.3 Å². The number of aryl methyl sites for hydroxylation is 3. The first kappa shape index (κ1) is 13.7. The fourth-order valence-electron chi connectivity index (χ4n) is 3.42. The number of hydrogen-bond acceptors (Lipinski definition) is 4. The number of aromatic nitrogens is 2. The van der Waals surface area contributed by atoms with E-state index in [0.717, 1.165) is 24.1 Å². The first-order valence-corrected chi connectivity index (χ1v) is 8.66. The predicted octanol–water partition coefficient (Wildman–Crippen LogP) is 4.44. The van der Waals surface area contributed by atoms with E-state index in [1.54, 1.807) is 0 Å². The Kier molecular flexibility index (Phi) is 3.15. The number of nitrogens with zero attached hydrogens (tertiary/aromatic N) is 2. The minimum Gasteiger partial charge on any atom is -0.375 e. The lowest BCUT2D eigenvalue weighted by Gasteiger charge is -2.21. The second-order valence-corrected chi connectivity index (χ2v) is 6.98. The lowest BCUT2D eigenvalue weighted by Crippen LogP contribution is -2.09. The van der Waals surface area contributed by atoms with Gasteiger partial charge in [0, 0.05) is 22.0 Å². The zero-order valence-corrected chi connectivity index (χ0v) is 13.8. The molecular formula is C18H19N3S. The maximum atomic E-state index is 5.88. The molecule has 1 aromatic carbocycles. The molecule has 1 aliphatic rings. The van der Waals surface area contributed by atoms with Crippen molar-refractivity contribution in [3.05, 3.63) is 39.9 Å². The molecule has 3 nitrogen and oxygen atoms in total. The highest BCUT2D eigenvalue weighted by Crippen LogP contribution is 2.38. The van der Waals surface area contributed by atoms with Gasteiger partial charge in [0.05, 0.1) is 11.2 Å². The molecule has 0 atom stereocenters. The van der Waals surface area contributed by atoms with Gasteiger partial charge in [0.25, 0.3) is 0 Å². The third-order valence-corrected chi connectivity index (χ3v) is 5.41. The van der Waals surface area contributed by atoms with E-state index in [1.807, 2.05) is 0 Å². The average molecular weight is 309 g/mol. The average Bonchev–Trinajstić information content (AvgIpc) is 2.95. The summed E-state index contributed by atoms with van der Waals surface area (Å²) in [6.45, 7) is 4.31. The summed E-state index contributed by atoms with van der Waals surface area (Å²) in [5.74, 6) is 0. The van der Waals surface area contributed by atoms with Crippen molar-refractivity contribution in [1.29, 1.82) is 0 Å². The van der Waals surface area contributed by atoms with Crippen LogP contribution in [0.25, 0.3) is 22.2 Å². The maximum Gasteiger partial charge on any atom is 0.180 e. The van der Waals surface area contributed by atoms with E-state index in [1.165, 1.54) is 57.5 Å². The normalized spacial score (nSPS) is 14.3. The Morgan fingerprint density at radius 1 is 1.09 bits per heavy atom. The van der Waals surface area contributed by atoms with Crippen LogP contribution >= 0.6 is 11.3 Å². The van der Waals surface area contributed by atoms with E-state index in [4.69, 9.17) is 10.7 Å². The van der Waals surface area contributed by atoms with E-state index in [0.29, 0.717) is 5.13 Å². The molecule has 22 heavy (non-hydrogen) atoms. The van der Waals surface area contributed by atoms with Crippen LogP contribution < -0.4 is 5.73 Å². The van der Waals surface area contributed by atoms with Gasteiger partial charge in [-0.1, -0.05) is 12.1 Å². The highest BCUT2D eigenvalue weighted by Gasteiger charge is 2.21. The zero-order chi connectivity index (χ0) is 15.3. The summed E-state index contributed by atoms with van der Waals surface area (Å²) >= 11 is 1.51. The summed E-state index contributed by atoms with van der Waals surface area (Å²) < 4.78 is 0. The fourth-order valence-corrected chi connectivity index (χ4v) is 3.98. The molecule has 0 bridgehead atoms. The van der Waals surface area contributed by atoms with Crippen molar-refractivity contribution in [2.75, 3.05) is 5.73 Å². The van der Waals surface area contributed by atoms with Crippen LogP contribution in [0, 0.1) is 13.8 Å². The third kappa shape index (κ3) is 2.02. The van der Waals surface area contributed by atoms with Gasteiger partial charge in [-0.3, -0.25) is 4.98 Å². The molecule has 2 N–H and O–H groups in total. The predicted molar refractivity (Wildman–Crippen MR) is 93.4 cm³/mol. The van der Waals surface area contributed by atoms with Crippen LogP contribution in [-0.4, -0.2) is 9.97 Å². The number of pyridine rings is 1. The van der Waals surface area contributed by atoms with E-state index in [-0.39, 0.29) is 0 Å². The number of nitrogens with two attached hydrogens (primary N) is 1. The SMILES string of the molecule is Cc1ccc2c(-c3csc(N)n3)c3c(nc2c1C)CCCC3. The number of thiazole rings is 1. The van der Waals surface area contributed by atoms with Crippen LogP contribution in [0.15, 0.2) is 17.5 Å². The Labute approximate surface area is 134 Å². The van der Waals surface area contributed by atoms with Crippen molar-refractivity contribution in [2.24, 2.45) is 0 Å². The minimum absolute atomic E-state index is 0.633. The molecule has 0 amide bonds. The molecule has 4 rings (SSSR count). The molecule has 2 heterocycles. The van der Waals surface area contributed by atoms with Crippen molar-refractivity contribution < 1.29 is 0 Å². The van der Waals surface area contributed by atoms with E-state index in [9.17, 15) is 0 Å². The summed E-state index contributed by atoms with van der Waals surface area (Å²) in [7, 11) is 0. The largest absolute Gasteiger partial charge is 0.375 e. The second-order valence-electron chi connectivity index (χ2n) is 6.09. The smallest absolute Gasteiger partial charge is 0.180 e. The molecule has 1 aliphatic carbocycles. The molecular weight excluding hydrogens is 290 g/mol. The highest BCUT2D eigenvalue weighted by molar-refractivity contribution is 7.13. The van der Waals surface area contributed by atoms with Crippen LogP contribution in [0.5, 0.6) is 0 Å². The number of fused-ring (bicyclic) bond motifs is 2. The number of hydrogen-bond donors (Lipinski definition) is 1. The van der Waals surface area contributed by atoms with Crippen LogP contribution in [-0.2, 0) is 12.8 Å². The molecule has 0 saturated carbocycles. The molecule has 3 aromatic rings. The van der Waals surface area contributed by atoms with E-state index >= 15 is 0 Å². The molecule has 0 saturated heterocycles. The standard InChI is InChI=1S/C18H19N3S/c1-10-7-8-13-16(15-9-22-18(19)21-15)12-5-3-4-6-14(12)20-17(13)11(10)2/h7-9H,3-6H2,1-2H3,(H2,19,21). The van der Waals surface area contributed by atoms with Crippen LogP contribution in [0.3, 0.4) is 0 Å². The van der Waals surface area contributed by atoms with Gasteiger partial charge in [-0.2, -0.15) is 0 Å². The number of benzene rings is 1. The topological polar surface area (TPSA) is 51.8 Å². The molecule has 0 fully saturated rings. The van der Waals surface area contributed by atoms with Crippen LogP contribution in [0.2, 0.25) is 0 Å². The molecule has 112 valence electrons. The molecule has 0 unspecified atom stereocenters. The minimum atomic E-state index is 0.633.